The third-order valence-electron chi connectivity index (χ3n) is 6.95. The molecule has 6 rings (SSSR count). The number of likely N-dealkylation sites (tertiary alicyclic amines) is 1. The maximum Gasteiger partial charge on any atom is 0.159 e. The third kappa shape index (κ3) is 6.76. The molecule has 1 aliphatic rings. The summed E-state index contributed by atoms with van der Waals surface area (Å²) in [5.74, 6) is 1.58. The van der Waals surface area contributed by atoms with Crippen LogP contribution in [0.3, 0.4) is 0 Å². The van der Waals surface area contributed by atoms with Crippen LogP contribution in [0.5, 0.6) is 5.75 Å². The van der Waals surface area contributed by atoms with Crippen LogP contribution in [0, 0.1) is 6.92 Å². The average Bonchev–Trinajstić information content (AvgIpc) is 3.65. The number of hydrogen-bond acceptors (Lipinski definition) is 4. The third-order valence-corrected chi connectivity index (χ3v) is 7.19. The van der Waals surface area contributed by atoms with Gasteiger partial charge in [0.15, 0.2) is 5.82 Å². The Morgan fingerprint density at radius 1 is 0.897 bits per heavy atom. The quantitative estimate of drug-likeness (QED) is 0.206. The first-order valence-electron chi connectivity index (χ1n) is 12.8. The van der Waals surface area contributed by atoms with Gasteiger partial charge in [0.1, 0.15) is 18.1 Å². The van der Waals surface area contributed by atoms with Gasteiger partial charge in [-0.05, 0) is 80.4 Å². The molecule has 3 aromatic carbocycles. The second-order valence-corrected chi connectivity index (χ2v) is 10.2. The summed E-state index contributed by atoms with van der Waals surface area (Å²) in [6.45, 7) is 6.48. The van der Waals surface area contributed by atoms with Crippen LogP contribution in [0.15, 0.2) is 72.8 Å². The fourth-order valence-corrected chi connectivity index (χ4v) is 5.17. The average molecular weight is 585 g/mol. The lowest BCUT2D eigenvalue weighted by Gasteiger charge is -2.14. The molecule has 9 heteroatoms. The number of nitrogens with one attached hydrogen (secondary N) is 1. The molecule has 39 heavy (non-hydrogen) atoms. The van der Waals surface area contributed by atoms with Crippen LogP contribution in [0.2, 0.25) is 5.02 Å². The van der Waals surface area contributed by atoms with Gasteiger partial charge in [0.25, 0.3) is 0 Å². The number of halogens is 3. The Morgan fingerprint density at radius 3 is 2.49 bits per heavy atom. The van der Waals surface area contributed by atoms with E-state index in [9.17, 15) is 0 Å². The molecule has 2 aromatic heterocycles. The van der Waals surface area contributed by atoms with E-state index in [0.29, 0.717) is 18.2 Å². The number of aryl methyl sites for hydroxylation is 1. The number of ether oxygens (including phenoxy) is 1. The van der Waals surface area contributed by atoms with Gasteiger partial charge < -0.3 is 9.72 Å². The molecule has 0 saturated carbocycles. The molecule has 0 aliphatic carbocycles. The van der Waals surface area contributed by atoms with Crippen molar-refractivity contribution < 1.29 is 4.74 Å². The van der Waals surface area contributed by atoms with Crippen LogP contribution in [-0.2, 0) is 19.7 Å². The van der Waals surface area contributed by atoms with E-state index in [4.69, 9.17) is 26.4 Å². The Bertz CT molecular complexity index is 1530. The minimum Gasteiger partial charge on any atom is -0.489 e. The number of H-pyrrole nitrogens is 1. The SMILES string of the molecule is Cc1cc(-c2nc3ccc(CN4CCCC4)cc3[nH]2)nn1Cc1cc(Cl)ccc1OCc1ccccc1.Cl.Cl. The molecule has 1 fully saturated rings. The van der Waals surface area contributed by atoms with Crippen molar-refractivity contribution in [3.63, 3.8) is 0 Å². The number of rotatable bonds is 8. The van der Waals surface area contributed by atoms with E-state index in [2.05, 4.69) is 53.2 Å². The molecule has 1 saturated heterocycles. The predicted octanol–water partition coefficient (Wildman–Crippen LogP) is 7.45. The summed E-state index contributed by atoms with van der Waals surface area (Å²) in [4.78, 5) is 10.8. The van der Waals surface area contributed by atoms with Gasteiger partial charge >= 0.3 is 0 Å². The number of imidazole rings is 1. The molecular formula is C30H32Cl3N5O. The number of fused-ring (bicyclic) bond motifs is 1. The fourth-order valence-electron chi connectivity index (χ4n) is 4.97. The maximum atomic E-state index is 6.35. The first-order valence-corrected chi connectivity index (χ1v) is 13.2. The zero-order chi connectivity index (χ0) is 25.2. The normalized spacial score (nSPS) is 13.3. The van der Waals surface area contributed by atoms with Gasteiger partial charge in [-0.1, -0.05) is 48.0 Å². The summed E-state index contributed by atoms with van der Waals surface area (Å²) >= 11 is 6.35. The number of aromatic nitrogens is 4. The summed E-state index contributed by atoms with van der Waals surface area (Å²) in [6.07, 6.45) is 2.60. The van der Waals surface area contributed by atoms with Crippen LogP contribution in [-0.4, -0.2) is 37.7 Å². The monoisotopic (exact) mass is 583 g/mol. The van der Waals surface area contributed by atoms with Crippen molar-refractivity contribution in [2.24, 2.45) is 0 Å². The van der Waals surface area contributed by atoms with Gasteiger partial charge in [-0.3, -0.25) is 9.58 Å². The molecule has 6 nitrogen and oxygen atoms in total. The minimum atomic E-state index is 0. The van der Waals surface area contributed by atoms with Crippen LogP contribution >= 0.6 is 36.4 Å². The highest BCUT2D eigenvalue weighted by Gasteiger charge is 2.15. The molecule has 204 valence electrons. The highest BCUT2D eigenvalue weighted by molar-refractivity contribution is 6.30. The Morgan fingerprint density at radius 2 is 1.69 bits per heavy atom. The van der Waals surface area contributed by atoms with Crippen LogP contribution in [0.4, 0.5) is 0 Å². The number of nitrogens with zero attached hydrogens (tertiary/aromatic N) is 4. The number of aromatic amines is 1. The van der Waals surface area contributed by atoms with E-state index in [0.717, 1.165) is 51.7 Å². The first-order chi connectivity index (χ1) is 18.1. The van der Waals surface area contributed by atoms with E-state index >= 15 is 0 Å². The predicted molar refractivity (Wildman–Crippen MR) is 162 cm³/mol. The summed E-state index contributed by atoms with van der Waals surface area (Å²) < 4.78 is 8.13. The van der Waals surface area contributed by atoms with E-state index in [1.807, 2.05) is 41.1 Å². The molecule has 0 radical (unpaired) electrons. The Hall–Kier alpha value is -3.03. The van der Waals surface area contributed by atoms with E-state index < -0.39 is 0 Å². The largest absolute Gasteiger partial charge is 0.489 e. The van der Waals surface area contributed by atoms with Crippen molar-refractivity contribution >= 4 is 47.4 Å². The van der Waals surface area contributed by atoms with Gasteiger partial charge in [0, 0.05) is 22.8 Å². The Kier molecular flexibility index (Phi) is 9.57. The molecular weight excluding hydrogens is 553 g/mol. The summed E-state index contributed by atoms with van der Waals surface area (Å²) in [5, 5.41) is 5.56. The van der Waals surface area contributed by atoms with Crippen molar-refractivity contribution in [1.29, 1.82) is 0 Å². The van der Waals surface area contributed by atoms with Crippen molar-refractivity contribution in [2.45, 2.75) is 39.5 Å². The molecule has 0 spiro atoms. The van der Waals surface area contributed by atoms with Gasteiger partial charge in [-0.25, -0.2) is 4.98 Å². The number of benzene rings is 3. The molecule has 0 unspecified atom stereocenters. The summed E-state index contributed by atoms with van der Waals surface area (Å²) in [5.41, 5.74) is 7.29. The van der Waals surface area contributed by atoms with Gasteiger partial charge in [0.05, 0.1) is 17.6 Å². The lowest BCUT2D eigenvalue weighted by molar-refractivity contribution is 0.302. The molecule has 1 N–H and O–H groups in total. The van der Waals surface area contributed by atoms with E-state index in [1.54, 1.807) is 0 Å². The molecule has 5 aromatic rings. The standard InChI is InChI=1S/C30H30ClN5O.2ClH/c1-21-15-28(30-32-26-11-9-23(16-27(26)33-30)18-35-13-5-6-14-35)34-36(21)19-24-17-25(31)10-12-29(24)37-20-22-7-3-2-4-8-22;;/h2-4,7-12,15-17H,5-6,13-14,18-20H2,1H3,(H,32,33);2*1H. The van der Waals surface area contributed by atoms with Gasteiger partial charge in [0.2, 0.25) is 0 Å². The first kappa shape index (κ1) is 29.0. The minimum absolute atomic E-state index is 0. The van der Waals surface area contributed by atoms with Crippen molar-refractivity contribution in [3.8, 4) is 17.3 Å². The van der Waals surface area contributed by atoms with Crippen LogP contribution in [0.1, 0.15) is 35.2 Å². The maximum absolute atomic E-state index is 6.35. The van der Waals surface area contributed by atoms with Crippen LogP contribution < -0.4 is 4.74 Å². The molecule has 0 amide bonds. The zero-order valence-corrected chi connectivity index (χ0v) is 24.2. The summed E-state index contributed by atoms with van der Waals surface area (Å²) in [7, 11) is 0. The van der Waals surface area contributed by atoms with E-state index in [-0.39, 0.29) is 24.8 Å². The highest BCUT2D eigenvalue weighted by Crippen LogP contribution is 2.27. The van der Waals surface area contributed by atoms with E-state index in [1.165, 1.54) is 31.5 Å². The second kappa shape index (κ2) is 12.9. The summed E-state index contributed by atoms with van der Waals surface area (Å²) in [6, 6.07) is 24.5. The van der Waals surface area contributed by atoms with Crippen molar-refractivity contribution in [2.75, 3.05) is 13.1 Å². The smallest absolute Gasteiger partial charge is 0.159 e. The van der Waals surface area contributed by atoms with Gasteiger partial charge in [-0.2, -0.15) is 5.10 Å². The van der Waals surface area contributed by atoms with Crippen molar-refractivity contribution in [3.05, 3.63) is 100 Å². The Labute approximate surface area is 246 Å². The lowest BCUT2D eigenvalue weighted by Crippen LogP contribution is -2.18. The molecule has 1 aliphatic heterocycles. The van der Waals surface area contributed by atoms with Gasteiger partial charge in [-0.15, -0.1) is 24.8 Å². The second-order valence-electron chi connectivity index (χ2n) is 9.78. The van der Waals surface area contributed by atoms with Crippen LogP contribution in [0.25, 0.3) is 22.6 Å². The molecule has 0 bridgehead atoms. The number of hydrogen-bond donors (Lipinski definition) is 1. The zero-order valence-electron chi connectivity index (χ0n) is 21.8. The lowest BCUT2D eigenvalue weighted by atomic mass is 10.2. The highest BCUT2D eigenvalue weighted by atomic mass is 35.5. The molecule has 3 heterocycles. The topological polar surface area (TPSA) is 59.0 Å². The Balaban J connectivity index is 0.00000176. The molecule has 0 atom stereocenters. The fraction of sp³-hybridized carbons (Fsp3) is 0.267. The van der Waals surface area contributed by atoms with Crippen molar-refractivity contribution in [1.82, 2.24) is 24.6 Å².